The number of thiophene rings is 1. The molecule has 2 N–H and O–H groups in total. The summed E-state index contributed by atoms with van der Waals surface area (Å²) in [6, 6.07) is 2.44. The molecule has 1 atom stereocenters. The normalized spacial score (nSPS) is 18.7. The maximum absolute atomic E-state index is 13.0. The highest BCUT2D eigenvalue weighted by molar-refractivity contribution is 7.16. The van der Waals surface area contributed by atoms with Gasteiger partial charge in [-0.05, 0) is 32.4 Å². The molecule has 5 heterocycles. The number of carbonyl (C=O) groups is 2. The number of hydrogen-bond donors (Lipinski definition) is 2. The van der Waals surface area contributed by atoms with Gasteiger partial charge in [-0.1, -0.05) is 22.9 Å². The number of likely N-dealkylation sites (tertiary alicyclic amines) is 1. The number of hydrogen-bond acceptors (Lipinski definition) is 10. The second-order valence-electron chi connectivity index (χ2n) is 9.58. The van der Waals surface area contributed by atoms with E-state index in [-0.39, 0.29) is 18.0 Å². The van der Waals surface area contributed by atoms with Crippen LogP contribution in [0.5, 0.6) is 0 Å². The first kappa shape index (κ1) is 26.9. The lowest BCUT2D eigenvalue weighted by Gasteiger charge is -2.34. The van der Waals surface area contributed by atoms with E-state index >= 15 is 0 Å². The molecule has 10 nitrogen and oxygen atoms in total. The number of rotatable bonds is 9. The fourth-order valence-corrected chi connectivity index (χ4v) is 6.67. The van der Waals surface area contributed by atoms with Gasteiger partial charge in [-0.2, -0.15) is 0 Å². The van der Waals surface area contributed by atoms with Crippen LogP contribution in [0.2, 0.25) is 4.34 Å². The highest BCUT2D eigenvalue weighted by atomic mass is 35.5. The molecule has 13 heteroatoms. The first-order chi connectivity index (χ1) is 18.4. The third-order valence-corrected chi connectivity index (χ3v) is 9.05. The summed E-state index contributed by atoms with van der Waals surface area (Å²) in [6.45, 7) is 7.62. The molecule has 202 valence electrons. The number of anilines is 2. The number of carbonyl (C=O) groups excluding carboxylic acids is 1. The lowest BCUT2D eigenvalue weighted by Crippen LogP contribution is -2.47. The zero-order valence-electron chi connectivity index (χ0n) is 21.1. The second kappa shape index (κ2) is 12.0. The molecule has 0 aromatic carbocycles. The Morgan fingerprint density at radius 2 is 2.00 bits per heavy atom. The summed E-state index contributed by atoms with van der Waals surface area (Å²) >= 11 is 9.15. The Labute approximate surface area is 234 Å². The van der Waals surface area contributed by atoms with Crippen molar-refractivity contribution in [2.24, 2.45) is 0 Å². The fraction of sp³-hybridized carbons (Fsp3) is 0.480. The van der Waals surface area contributed by atoms with Crippen LogP contribution in [0.3, 0.4) is 0 Å². The van der Waals surface area contributed by atoms with Gasteiger partial charge < -0.3 is 10.0 Å². The van der Waals surface area contributed by atoms with Crippen LogP contribution in [-0.4, -0.2) is 87.0 Å². The Bertz CT molecular complexity index is 1270. The summed E-state index contributed by atoms with van der Waals surface area (Å²) in [5.41, 5.74) is 2.04. The van der Waals surface area contributed by atoms with Crippen LogP contribution in [0.1, 0.15) is 41.6 Å². The molecule has 3 aromatic rings. The topological polar surface area (TPSA) is 115 Å². The van der Waals surface area contributed by atoms with Crippen molar-refractivity contribution in [1.82, 2.24) is 24.8 Å². The van der Waals surface area contributed by atoms with Crippen molar-refractivity contribution >= 4 is 57.1 Å². The van der Waals surface area contributed by atoms with E-state index in [0.717, 1.165) is 55.4 Å². The molecule has 3 aromatic heterocycles. The number of amides is 1. The summed E-state index contributed by atoms with van der Waals surface area (Å²) in [7, 11) is 0. The quantitative estimate of drug-likeness (QED) is 0.388. The van der Waals surface area contributed by atoms with E-state index in [4.69, 9.17) is 21.7 Å². The molecule has 2 aliphatic rings. The Hall–Kier alpha value is -2.64. The number of thiazole rings is 1. The van der Waals surface area contributed by atoms with Gasteiger partial charge >= 0.3 is 5.97 Å². The Morgan fingerprint density at radius 3 is 2.63 bits per heavy atom. The van der Waals surface area contributed by atoms with E-state index in [0.29, 0.717) is 27.9 Å². The molecule has 2 aliphatic heterocycles. The average molecular weight is 576 g/mol. The minimum atomic E-state index is -0.783. The minimum Gasteiger partial charge on any atom is -0.481 e. The van der Waals surface area contributed by atoms with Gasteiger partial charge in [-0.3, -0.25) is 24.7 Å². The van der Waals surface area contributed by atoms with Gasteiger partial charge in [-0.15, -0.1) is 11.3 Å². The first-order valence-corrected chi connectivity index (χ1v) is 14.7. The zero-order chi connectivity index (χ0) is 26.6. The maximum atomic E-state index is 13.0. The SMILES string of the molecule is C[C@@H]1CCCN1Cc1sc(NC(=O)c2cnc(N3CCN(CCC(=O)O)CC3)cn2)nc1-c1csc(Cl)c1. The molecule has 0 saturated carbocycles. The van der Waals surface area contributed by atoms with Crippen LogP contribution in [0.4, 0.5) is 10.9 Å². The molecule has 2 fully saturated rings. The highest BCUT2D eigenvalue weighted by Gasteiger charge is 2.25. The van der Waals surface area contributed by atoms with E-state index in [9.17, 15) is 9.59 Å². The third kappa shape index (κ3) is 6.49. The molecule has 38 heavy (non-hydrogen) atoms. The monoisotopic (exact) mass is 575 g/mol. The van der Waals surface area contributed by atoms with Crippen molar-refractivity contribution in [2.75, 3.05) is 49.5 Å². The molecule has 1 amide bonds. The van der Waals surface area contributed by atoms with Gasteiger partial charge in [0, 0.05) is 61.1 Å². The Kier molecular flexibility index (Phi) is 8.54. The van der Waals surface area contributed by atoms with E-state index in [1.165, 1.54) is 41.7 Å². The predicted molar refractivity (Wildman–Crippen MR) is 150 cm³/mol. The summed E-state index contributed by atoms with van der Waals surface area (Å²) in [6.07, 6.45) is 5.63. The number of nitrogens with zero attached hydrogens (tertiary/aromatic N) is 6. The predicted octanol–water partition coefficient (Wildman–Crippen LogP) is 4.15. The standard InChI is InChI=1S/C25H30ClN7O3S2/c1-16-3-2-5-33(16)14-19-23(17-11-20(26)37-15-17)29-25(38-19)30-24(36)18-12-28-21(13-27-18)32-9-7-31(8-10-32)6-4-22(34)35/h11-13,15-16H,2-10,14H2,1H3,(H,34,35)(H,29,30,36)/t16-/m1/s1. The molecule has 0 bridgehead atoms. The van der Waals surface area contributed by atoms with E-state index in [2.05, 4.69) is 36.9 Å². The van der Waals surface area contributed by atoms with Gasteiger partial charge in [0.15, 0.2) is 5.13 Å². The summed E-state index contributed by atoms with van der Waals surface area (Å²) in [5.74, 6) is -0.436. The average Bonchev–Trinajstić information content (AvgIpc) is 3.63. The summed E-state index contributed by atoms with van der Waals surface area (Å²) in [4.78, 5) is 45.1. The second-order valence-corrected chi connectivity index (χ2v) is 12.2. The molecule has 0 unspecified atom stereocenters. The largest absolute Gasteiger partial charge is 0.481 e. The van der Waals surface area contributed by atoms with Crippen molar-refractivity contribution in [2.45, 2.75) is 38.8 Å². The molecule has 5 rings (SSSR count). The number of carboxylic acids is 1. The molecule has 0 radical (unpaired) electrons. The van der Waals surface area contributed by atoms with Crippen molar-refractivity contribution in [3.8, 4) is 11.3 Å². The fourth-order valence-electron chi connectivity index (χ4n) is 4.80. The Morgan fingerprint density at radius 1 is 1.18 bits per heavy atom. The lowest BCUT2D eigenvalue weighted by atomic mass is 10.2. The third-order valence-electron chi connectivity index (χ3n) is 7.01. The van der Waals surface area contributed by atoms with E-state index in [1.54, 1.807) is 6.20 Å². The van der Waals surface area contributed by atoms with Crippen LogP contribution in [-0.2, 0) is 11.3 Å². The number of aromatic nitrogens is 3. The van der Waals surface area contributed by atoms with Gasteiger partial charge in [0.2, 0.25) is 0 Å². The van der Waals surface area contributed by atoms with Crippen LogP contribution in [0, 0.1) is 0 Å². The molecular formula is C25H30ClN7O3S2. The molecular weight excluding hydrogens is 546 g/mol. The van der Waals surface area contributed by atoms with Crippen molar-refractivity contribution in [3.05, 3.63) is 38.7 Å². The van der Waals surface area contributed by atoms with Crippen molar-refractivity contribution < 1.29 is 14.7 Å². The zero-order valence-corrected chi connectivity index (χ0v) is 23.5. The Balaban J connectivity index is 1.23. The highest BCUT2D eigenvalue weighted by Crippen LogP contribution is 2.37. The summed E-state index contributed by atoms with van der Waals surface area (Å²) in [5, 5.41) is 14.3. The van der Waals surface area contributed by atoms with E-state index in [1.807, 2.05) is 11.4 Å². The molecule has 0 spiro atoms. The number of carboxylic acid groups (broad SMARTS) is 1. The molecule has 0 aliphatic carbocycles. The van der Waals surface area contributed by atoms with Gasteiger partial charge in [-0.25, -0.2) is 15.0 Å². The molecule has 2 saturated heterocycles. The number of nitrogens with one attached hydrogen (secondary N) is 1. The number of piperazine rings is 1. The maximum Gasteiger partial charge on any atom is 0.304 e. The van der Waals surface area contributed by atoms with Crippen LogP contribution >= 0.6 is 34.3 Å². The van der Waals surface area contributed by atoms with Crippen LogP contribution in [0.15, 0.2) is 23.8 Å². The van der Waals surface area contributed by atoms with E-state index < -0.39 is 5.97 Å². The van der Waals surface area contributed by atoms with Crippen molar-refractivity contribution in [1.29, 1.82) is 0 Å². The number of halogens is 1. The minimum absolute atomic E-state index is 0.143. The van der Waals surface area contributed by atoms with Crippen LogP contribution < -0.4 is 10.2 Å². The van der Waals surface area contributed by atoms with Gasteiger partial charge in [0.1, 0.15) is 11.5 Å². The first-order valence-electron chi connectivity index (χ1n) is 12.7. The van der Waals surface area contributed by atoms with Gasteiger partial charge in [0.05, 0.1) is 28.8 Å². The summed E-state index contributed by atoms with van der Waals surface area (Å²) < 4.78 is 0.705. The number of aliphatic carboxylic acids is 1. The van der Waals surface area contributed by atoms with Crippen molar-refractivity contribution in [3.63, 3.8) is 0 Å². The van der Waals surface area contributed by atoms with Gasteiger partial charge in [0.25, 0.3) is 5.91 Å². The van der Waals surface area contributed by atoms with Crippen LogP contribution in [0.25, 0.3) is 11.3 Å². The smallest absolute Gasteiger partial charge is 0.304 e. The lowest BCUT2D eigenvalue weighted by molar-refractivity contribution is -0.137.